The molecule has 0 heterocycles. The molecular weight excluding hydrogens is 132 g/mol. The van der Waals surface area contributed by atoms with Crippen molar-refractivity contribution in [3.63, 3.8) is 0 Å². The molecule has 0 amide bonds. The summed E-state index contributed by atoms with van der Waals surface area (Å²) < 4.78 is 0. The number of thiol groups is 1. The van der Waals surface area contributed by atoms with Gasteiger partial charge >= 0.3 is 0 Å². The Labute approximate surface area is 54.1 Å². The summed E-state index contributed by atoms with van der Waals surface area (Å²) in [6.07, 6.45) is 0. The standard InChI is InChI=1S/C4H9ClOS/c1-4(6,2-5)3-7/h6-7H,2-3H2,1H3. The molecule has 3 heteroatoms. The molecule has 1 atom stereocenters. The average molecular weight is 141 g/mol. The molecule has 0 spiro atoms. The second-order valence-electron chi connectivity index (χ2n) is 1.79. The van der Waals surface area contributed by atoms with Crippen LogP contribution in [0.3, 0.4) is 0 Å². The van der Waals surface area contributed by atoms with Gasteiger partial charge in [-0.05, 0) is 6.92 Å². The Kier molecular flexibility index (Phi) is 3.04. The van der Waals surface area contributed by atoms with Crippen LogP contribution in [-0.2, 0) is 0 Å². The van der Waals surface area contributed by atoms with E-state index in [1.165, 1.54) is 0 Å². The zero-order chi connectivity index (χ0) is 5.91. The summed E-state index contributed by atoms with van der Waals surface area (Å²) in [6, 6.07) is 0. The molecule has 0 aliphatic rings. The van der Waals surface area contributed by atoms with Gasteiger partial charge in [0.25, 0.3) is 0 Å². The summed E-state index contributed by atoms with van der Waals surface area (Å²) in [4.78, 5) is 0. The molecule has 0 aromatic rings. The van der Waals surface area contributed by atoms with E-state index in [1.807, 2.05) is 0 Å². The Hall–Kier alpha value is 0.600. The highest BCUT2D eigenvalue weighted by atomic mass is 35.5. The summed E-state index contributed by atoms with van der Waals surface area (Å²) in [5.41, 5.74) is -0.787. The lowest BCUT2D eigenvalue weighted by atomic mass is 10.2. The molecule has 0 aliphatic carbocycles. The SMILES string of the molecule is CC(O)(CS)CCl. The maximum Gasteiger partial charge on any atom is 0.0841 e. The highest BCUT2D eigenvalue weighted by Gasteiger charge is 2.14. The van der Waals surface area contributed by atoms with Crippen LogP contribution in [0.2, 0.25) is 0 Å². The van der Waals surface area contributed by atoms with Crippen LogP contribution in [0.5, 0.6) is 0 Å². The Morgan fingerprint density at radius 2 is 2.29 bits per heavy atom. The molecular formula is C4H9ClOS. The molecule has 1 nitrogen and oxygen atoms in total. The fourth-order valence-electron chi connectivity index (χ4n) is 0.0423. The first kappa shape index (κ1) is 7.60. The Balaban J connectivity index is 3.36. The second kappa shape index (κ2) is 2.80. The predicted molar refractivity (Wildman–Crippen MR) is 35.2 cm³/mol. The van der Waals surface area contributed by atoms with E-state index in [1.54, 1.807) is 6.92 Å². The summed E-state index contributed by atoms with van der Waals surface area (Å²) >= 11 is 9.14. The summed E-state index contributed by atoms with van der Waals surface area (Å²) in [6.45, 7) is 1.65. The number of halogens is 1. The van der Waals surface area contributed by atoms with Gasteiger partial charge in [-0.1, -0.05) is 0 Å². The van der Waals surface area contributed by atoms with Gasteiger partial charge in [-0.25, -0.2) is 0 Å². The Bertz CT molecular complexity index is 49.7. The van der Waals surface area contributed by atoms with Gasteiger partial charge in [0, 0.05) is 5.75 Å². The predicted octanol–water partition coefficient (Wildman–Crippen LogP) is 0.906. The topological polar surface area (TPSA) is 20.2 Å². The zero-order valence-electron chi connectivity index (χ0n) is 4.19. The van der Waals surface area contributed by atoms with E-state index in [2.05, 4.69) is 12.6 Å². The van der Waals surface area contributed by atoms with Crippen LogP contribution in [0.25, 0.3) is 0 Å². The van der Waals surface area contributed by atoms with Gasteiger partial charge in [0.2, 0.25) is 0 Å². The molecule has 0 aromatic heterocycles. The normalized spacial score (nSPS) is 18.9. The summed E-state index contributed by atoms with van der Waals surface area (Å²) in [5, 5.41) is 8.92. The van der Waals surface area contributed by atoms with Crippen molar-refractivity contribution >= 4 is 24.2 Å². The van der Waals surface area contributed by atoms with Crippen molar-refractivity contribution in [2.24, 2.45) is 0 Å². The highest BCUT2D eigenvalue weighted by Crippen LogP contribution is 2.06. The minimum atomic E-state index is -0.787. The zero-order valence-corrected chi connectivity index (χ0v) is 5.84. The van der Waals surface area contributed by atoms with E-state index in [-0.39, 0.29) is 5.88 Å². The second-order valence-corrected chi connectivity index (χ2v) is 2.37. The van der Waals surface area contributed by atoms with Crippen LogP contribution in [-0.4, -0.2) is 22.3 Å². The first-order chi connectivity index (χ1) is 3.12. The Morgan fingerprint density at radius 3 is 2.29 bits per heavy atom. The number of rotatable bonds is 2. The van der Waals surface area contributed by atoms with Crippen LogP contribution in [0.4, 0.5) is 0 Å². The van der Waals surface area contributed by atoms with Gasteiger partial charge in [-0.15, -0.1) is 11.6 Å². The van der Waals surface area contributed by atoms with Gasteiger partial charge < -0.3 is 5.11 Å². The van der Waals surface area contributed by atoms with Gasteiger partial charge in [0.05, 0.1) is 11.5 Å². The summed E-state index contributed by atoms with van der Waals surface area (Å²) in [5.74, 6) is 0.660. The summed E-state index contributed by atoms with van der Waals surface area (Å²) in [7, 11) is 0. The molecule has 0 rings (SSSR count). The molecule has 0 saturated carbocycles. The largest absolute Gasteiger partial charge is 0.388 e. The van der Waals surface area contributed by atoms with E-state index in [0.29, 0.717) is 5.75 Å². The minimum absolute atomic E-state index is 0.247. The molecule has 0 bridgehead atoms. The van der Waals surface area contributed by atoms with Gasteiger partial charge in [0.15, 0.2) is 0 Å². The maximum absolute atomic E-state index is 8.92. The third-order valence-corrected chi connectivity index (χ3v) is 1.89. The number of hydrogen-bond acceptors (Lipinski definition) is 2. The molecule has 0 aromatic carbocycles. The smallest absolute Gasteiger partial charge is 0.0841 e. The fraction of sp³-hybridized carbons (Fsp3) is 1.00. The molecule has 0 aliphatic heterocycles. The van der Waals surface area contributed by atoms with Crippen molar-refractivity contribution in [3.8, 4) is 0 Å². The number of alkyl halides is 1. The van der Waals surface area contributed by atoms with E-state index in [9.17, 15) is 0 Å². The van der Waals surface area contributed by atoms with E-state index >= 15 is 0 Å². The van der Waals surface area contributed by atoms with Crippen molar-refractivity contribution < 1.29 is 5.11 Å². The van der Waals surface area contributed by atoms with Crippen LogP contribution < -0.4 is 0 Å². The van der Waals surface area contributed by atoms with Gasteiger partial charge in [0.1, 0.15) is 0 Å². The van der Waals surface area contributed by atoms with E-state index in [0.717, 1.165) is 0 Å². The fourth-order valence-corrected chi connectivity index (χ4v) is 0.380. The molecule has 0 fully saturated rings. The lowest BCUT2D eigenvalue weighted by molar-refractivity contribution is 0.111. The molecule has 1 N–H and O–H groups in total. The monoisotopic (exact) mass is 140 g/mol. The van der Waals surface area contributed by atoms with Crippen LogP contribution in [0.15, 0.2) is 0 Å². The average Bonchev–Trinajstić information content (AvgIpc) is 1.68. The maximum atomic E-state index is 8.92. The lowest BCUT2D eigenvalue weighted by Crippen LogP contribution is -2.27. The van der Waals surface area contributed by atoms with Crippen LogP contribution in [0.1, 0.15) is 6.92 Å². The van der Waals surface area contributed by atoms with Crippen LogP contribution >= 0.6 is 24.2 Å². The first-order valence-electron chi connectivity index (χ1n) is 2.01. The van der Waals surface area contributed by atoms with Crippen molar-refractivity contribution in [2.45, 2.75) is 12.5 Å². The van der Waals surface area contributed by atoms with Crippen molar-refractivity contribution in [2.75, 3.05) is 11.6 Å². The van der Waals surface area contributed by atoms with E-state index in [4.69, 9.17) is 16.7 Å². The highest BCUT2D eigenvalue weighted by molar-refractivity contribution is 7.80. The quantitative estimate of drug-likeness (QED) is 0.432. The molecule has 44 valence electrons. The van der Waals surface area contributed by atoms with Crippen molar-refractivity contribution in [3.05, 3.63) is 0 Å². The number of aliphatic hydroxyl groups is 1. The van der Waals surface area contributed by atoms with Crippen molar-refractivity contribution in [1.29, 1.82) is 0 Å². The van der Waals surface area contributed by atoms with Crippen molar-refractivity contribution in [1.82, 2.24) is 0 Å². The molecule has 0 radical (unpaired) electrons. The molecule has 1 unspecified atom stereocenters. The minimum Gasteiger partial charge on any atom is -0.388 e. The van der Waals surface area contributed by atoms with Crippen LogP contribution in [0, 0.1) is 0 Å². The van der Waals surface area contributed by atoms with E-state index < -0.39 is 5.60 Å². The van der Waals surface area contributed by atoms with Gasteiger partial charge in [-0.3, -0.25) is 0 Å². The Morgan fingerprint density at radius 1 is 1.86 bits per heavy atom. The first-order valence-corrected chi connectivity index (χ1v) is 3.18. The molecule has 0 saturated heterocycles. The number of hydrogen-bond donors (Lipinski definition) is 2. The third kappa shape index (κ3) is 3.21. The lowest BCUT2D eigenvalue weighted by Gasteiger charge is -2.15. The molecule has 7 heavy (non-hydrogen) atoms. The third-order valence-electron chi connectivity index (χ3n) is 0.629. The van der Waals surface area contributed by atoms with Gasteiger partial charge in [-0.2, -0.15) is 12.6 Å².